The predicted octanol–water partition coefficient (Wildman–Crippen LogP) is 3.15. The number of rotatable bonds is 7. The molecular weight excluding hydrogens is 255 g/mol. The van der Waals surface area contributed by atoms with Gasteiger partial charge in [0, 0.05) is 6.08 Å². The largest absolute Gasteiger partial charge is 0.457 e. The van der Waals surface area contributed by atoms with Crippen molar-refractivity contribution in [3.8, 4) is 0 Å². The van der Waals surface area contributed by atoms with Crippen molar-refractivity contribution in [3.05, 3.63) is 12.2 Å². The third-order valence-corrected chi connectivity index (χ3v) is 3.60. The quantitative estimate of drug-likeness (QED) is 0.406. The molecule has 6 heteroatoms. The number of ether oxygens (including phenoxy) is 1. The van der Waals surface area contributed by atoms with Gasteiger partial charge in [-0.05, 0) is 34.6 Å². The third kappa shape index (κ3) is 8.45. The molecule has 0 rings (SSSR count). The van der Waals surface area contributed by atoms with Gasteiger partial charge in [0.15, 0.2) is 0 Å². The van der Waals surface area contributed by atoms with Crippen LogP contribution in [0.25, 0.3) is 0 Å². The molecular formula is C12H23O5P. The Morgan fingerprint density at radius 2 is 1.67 bits per heavy atom. The lowest BCUT2D eigenvalue weighted by molar-refractivity contribution is -0.148. The minimum absolute atomic E-state index is 0.0634. The van der Waals surface area contributed by atoms with Gasteiger partial charge in [0.05, 0.1) is 19.4 Å². The van der Waals surface area contributed by atoms with E-state index in [2.05, 4.69) is 0 Å². The molecule has 0 aliphatic rings. The van der Waals surface area contributed by atoms with Gasteiger partial charge in [-0.2, -0.15) is 0 Å². The Morgan fingerprint density at radius 1 is 1.17 bits per heavy atom. The molecule has 0 aromatic rings. The Morgan fingerprint density at radius 3 is 2.06 bits per heavy atom. The maximum atomic E-state index is 12.0. The Balaban J connectivity index is 4.35. The molecule has 18 heavy (non-hydrogen) atoms. The van der Waals surface area contributed by atoms with Gasteiger partial charge in [-0.1, -0.05) is 6.08 Å². The van der Waals surface area contributed by atoms with Crippen LogP contribution in [0.15, 0.2) is 12.2 Å². The summed E-state index contributed by atoms with van der Waals surface area (Å²) >= 11 is 0. The van der Waals surface area contributed by atoms with E-state index in [-0.39, 0.29) is 6.16 Å². The van der Waals surface area contributed by atoms with Crippen LogP contribution in [0.2, 0.25) is 0 Å². The lowest BCUT2D eigenvalue weighted by atomic mass is 10.2. The van der Waals surface area contributed by atoms with Gasteiger partial charge in [0.2, 0.25) is 0 Å². The zero-order valence-electron chi connectivity index (χ0n) is 11.8. The summed E-state index contributed by atoms with van der Waals surface area (Å²) < 4.78 is 27.3. The fraction of sp³-hybridized carbons (Fsp3) is 0.750. The summed E-state index contributed by atoms with van der Waals surface area (Å²) in [6.07, 6.45) is 2.77. The fourth-order valence-corrected chi connectivity index (χ4v) is 2.59. The molecule has 106 valence electrons. The molecule has 0 aromatic heterocycles. The smallest absolute Gasteiger partial charge is 0.334 e. The molecule has 0 spiro atoms. The highest BCUT2D eigenvalue weighted by atomic mass is 31.2. The molecule has 0 saturated carbocycles. The summed E-state index contributed by atoms with van der Waals surface area (Å²) in [5.41, 5.74) is -0.537. The number of allylic oxidation sites excluding steroid dienone is 1. The van der Waals surface area contributed by atoms with Crippen LogP contribution in [0, 0.1) is 0 Å². The maximum Gasteiger partial charge on any atom is 0.334 e. The van der Waals surface area contributed by atoms with E-state index >= 15 is 0 Å². The molecule has 0 amide bonds. The molecule has 0 radical (unpaired) electrons. The summed E-state index contributed by atoms with van der Waals surface area (Å²) in [6.45, 7) is 9.43. The van der Waals surface area contributed by atoms with Crippen LogP contribution >= 0.6 is 7.60 Å². The van der Waals surface area contributed by atoms with Crippen LogP contribution in [0.4, 0.5) is 0 Å². The lowest BCUT2D eigenvalue weighted by Crippen LogP contribution is -2.22. The van der Waals surface area contributed by atoms with Crippen LogP contribution < -0.4 is 0 Å². The molecule has 0 fully saturated rings. The minimum atomic E-state index is -3.12. The second-order valence-electron chi connectivity index (χ2n) is 4.56. The molecule has 0 unspecified atom stereocenters. The van der Waals surface area contributed by atoms with Crippen molar-refractivity contribution < 1.29 is 23.1 Å². The van der Waals surface area contributed by atoms with Gasteiger partial charge in [0.25, 0.3) is 0 Å². The van der Waals surface area contributed by atoms with Crippen molar-refractivity contribution in [3.63, 3.8) is 0 Å². The Labute approximate surface area is 109 Å². The van der Waals surface area contributed by atoms with Crippen molar-refractivity contribution in [1.29, 1.82) is 0 Å². The highest BCUT2D eigenvalue weighted by molar-refractivity contribution is 7.54. The average molecular weight is 278 g/mol. The SMILES string of the molecule is CCOP(=O)(C/C=C/C(=O)OC(C)(C)C)OCC. The van der Waals surface area contributed by atoms with Gasteiger partial charge >= 0.3 is 13.6 Å². The fourth-order valence-electron chi connectivity index (χ4n) is 1.15. The van der Waals surface area contributed by atoms with E-state index in [9.17, 15) is 9.36 Å². The molecule has 0 N–H and O–H groups in total. The first-order valence-corrected chi connectivity index (χ1v) is 7.73. The van der Waals surface area contributed by atoms with Crippen LogP contribution in [-0.2, 0) is 23.1 Å². The number of carbonyl (C=O) groups is 1. The summed E-state index contributed by atoms with van der Waals surface area (Å²) in [4.78, 5) is 11.4. The molecule has 0 atom stereocenters. The summed E-state index contributed by atoms with van der Waals surface area (Å²) in [5.74, 6) is -0.470. The van der Waals surface area contributed by atoms with Crippen molar-refractivity contribution in [2.75, 3.05) is 19.4 Å². The van der Waals surface area contributed by atoms with Gasteiger partial charge < -0.3 is 13.8 Å². The van der Waals surface area contributed by atoms with E-state index in [1.54, 1.807) is 34.6 Å². The van der Waals surface area contributed by atoms with Crippen LogP contribution in [0.1, 0.15) is 34.6 Å². The van der Waals surface area contributed by atoms with E-state index in [0.717, 1.165) is 0 Å². The lowest BCUT2D eigenvalue weighted by Gasteiger charge is -2.18. The van der Waals surface area contributed by atoms with Crippen LogP contribution in [-0.4, -0.2) is 30.9 Å². The standard InChI is InChI=1S/C12H23O5P/c1-6-15-18(14,16-7-2)10-8-9-11(13)17-12(3,4)5/h8-9H,6-7,10H2,1-5H3/b9-8+. The van der Waals surface area contributed by atoms with Crippen LogP contribution in [0.5, 0.6) is 0 Å². The van der Waals surface area contributed by atoms with E-state index in [1.165, 1.54) is 12.2 Å². The second kappa shape index (κ2) is 7.72. The number of esters is 1. The minimum Gasteiger partial charge on any atom is -0.457 e. The van der Waals surface area contributed by atoms with Crippen molar-refractivity contribution in [2.24, 2.45) is 0 Å². The first-order chi connectivity index (χ1) is 8.22. The van der Waals surface area contributed by atoms with E-state index < -0.39 is 19.2 Å². The van der Waals surface area contributed by atoms with Crippen LogP contribution in [0.3, 0.4) is 0 Å². The predicted molar refractivity (Wildman–Crippen MR) is 70.7 cm³/mol. The topological polar surface area (TPSA) is 61.8 Å². The number of hydrogen-bond donors (Lipinski definition) is 0. The second-order valence-corrected chi connectivity index (χ2v) is 6.67. The summed E-state index contributed by atoms with van der Waals surface area (Å²) in [7, 11) is -3.12. The zero-order valence-corrected chi connectivity index (χ0v) is 12.7. The molecule has 0 aromatic carbocycles. The Kier molecular flexibility index (Phi) is 7.45. The zero-order chi connectivity index (χ0) is 14.2. The first kappa shape index (κ1) is 17.4. The molecule has 0 aliphatic heterocycles. The van der Waals surface area contributed by atoms with Crippen molar-refractivity contribution >= 4 is 13.6 Å². The molecule has 0 heterocycles. The van der Waals surface area contributed by atoms with E-state index in [4.69, 9.17) is 13.8 Å². The van der Waals surface area contributed by atoms with E-state index in [0.29, 0.717) is 13.2 Å². The maximum absolute atomic E-state index is 12.0. The normalized spacial score (nSPS) is 12.9. The molecule has 5 nitrogen and oxygen atoms in total. The van der Waals surface area contributed by atoms with E-state index in [1.807, 2.05) is 0 Å². The number of hydrogen-bond acceptors (Lipinski definition) is 5. The van der Waals surface area contributed by atoms with Gasteiger partial charge in [0.1, 0.15) is 5.60 Å². The first-order valence-electron chi connectivity index (χ1n) is 6.00. The molecule has 0 aliphatic carbocycles. The monoisotopic (exact) mass is 278 g/mol. The van der Waals surface area contributed by atoms with Gasteiger partial charge in [-0.3, -0.25) is 4.57 Å². The highest BCUT2D eigenvalue weighted by Gasteiger charge is 2.21. The van der Waals surface area contributed by atoms with Crippen molar-refractivity contribution in [2.45, 2.75) is 40.2 Å². The summed E-state index contributed by atoms with van der Waals surface area (Å²) in [5, 5.41) is 0. The molecule has 0 saturated heterocycles. The molecule has 0 bridgehead atoms. The average Bonchev–Trinajstić information content (AvgIpc) is 2.14. The highest BCUT2D eigenvalue weighted by Crippen LogP contribution is 2.47. The Bertz CT molecular complexity index is 320. The van der Waals surface area contributed by atoms with Gasteiger partial charge in [-0.15, -0.1) is 0 Å². The van der Waals surface area contributed by atoms with Crippen molar-refractivity contribution in [1.82, 2.24) is 0 Å². The van der Waals surface area contributed by atoms with Gasteiger partial charge in [-0.25, -0.2) is 4.79 Å². The third-order valence-electron chi connectivity index (χ3n) is 1.64. The Hall–Kier alpha value is -0.640. The summed E-state index contributed by atoms with van der Waals surface area (Å²) in [6, 6.07) is 0. The number of carbonyl (C=O) groups excluding carboxylic acids is 1.